The van der Waals surface area contributed by atoms with E-state index in [1.54, 1.807) is 11.1 Å². The molecule has 4 bridgehead atoms. The van der Waals surface area contributed by atoms with Gasteiger partial charge in [-0.15, -0.1) is 11.3 Å². The molecule has 0 radical (unpaired) electrons. The summed E-state index contributed by atoms with van der Waals surface area (Å²) in [7, 11) is 0. The van der Waals surface area contributed by atoms with Crippen LogP contribution in [0.5, 0.6) is 0 Å². The zero-order valence-electron chi connectivity index (χ0n) is 27.0. The number of hydrogen-bond acceptors (Lipinski definition) is 2. The molecule has 0 unspecified atom stereocenters. The van der Waals surface area contributed by atoms with Crippen molar-refractivity contribution in [2.45, 2.75) is 37.5 Å². The smallest absolute Gasteiger partial charge is 0.0465 e. The van der Waals surface area contributed by atoms with Crippen LogP contribution in [0.2, 0.25) is 0 Å². The lowest BCUT2D eigenvalue weighted by atomic mass is 9.43. The van der Waals surface area contributed by atoms with Crippen LogP contribution in [-0.4, -0.2) is 0 Å². The molecule has 0 aliphatic heterocycles. The number of anilines is 3. The summed E-state index contributed by atoms with van der Waals surface area (Å²) in [5.41, 5.74) is 12.5. The van der Waals surface area contributed by atoms with Crippen molar-refractivity contribution in [3.63, 3.8) is 0 Å². The summed E-state index contributed by atoms with van der Waals surface area (Å²) in [6.07, 6.45) is 7.10. The molecule has 4 fully saturated rings. The maximum Gasteiger partial charge on any atom is 0.0465 e. The lowest BCUT2D eigenvalue weighted by molar-refractivity contribution is -0.0399. The Hall–Kier alpha value is -4.66. The van der Waals surface area contributed by atoms with Gasteiger partial charge in [-0.2, -0.15) is 0 Å². The second-order valence-corrected chi connectivity index (χ2v) is 16.1. The zero-order chi connectivity index (χ0) is 31.4. The highest BCUT2D eigenvalue weighted by atomic mass is 32.1. The van der Waals surface area contributed by atoms with Gasteiger partial charge in [-0.05, 0) is 138 Å². The largest absolute Gasteiger partial charge is 0.310 e. The topological polar surface area (TPSA) is 3.24 Å². The van der Waals surface area contributed by atoms with E-state index in [1.807, 2.05) is 11.3 Å². The molecule has 0 amide bonds. The first-order chi connectivity index (χ1) is 23.7. The second kappa shape index (κ2) is 10.2. The van der Waals surface area contributed by atoms with Crippen molar-refractivity contribution in [3.8, 4) is 22.3 Å². The summed E-state index contributed by atoms with van der Waals surface area (Å²) in [5.74, 6) is 3.40. The molecule has 232 valence electrons. The number of benzene rings is 6. The van der Waals surface area contributed by atoms with E-state index in [0.29, 0.717) is 0 Å². The van der Waals surface area contributed by atoms with Gasteiger partial charge in [0.1, 0.15) is 0 Å². The van der Waals surface area contributed by atoms with Crippen molar-refractivity contribution in [3.05, 3.63) is 151 Å². The summed E-state index contributed by atoms with van der Waals surface area (Å²) < 4.78 is 2.70. The van der Waals surface area contributed by atoms with Crippen LogP contribution in [0.25, 0.3) is 42.4 Å². The van der Waals surface area contributed by atoms with E-state index < -0.39 is 0 Å². The number of hydrogen-bond donors (Lipinski definition) is 0. The summed E-state index contributed by atoms with van der Waals surface area (Å²) >= 11 is 1.89. The van der Waals surface area contributed by atoms with Crippen molar-refractivity contribution in [2.75, 3.05) is 4.90 Å². The van der Waals surface area contributed by atoms with Crippen molar-refractivity contribution in [2.24, 2.45) is 23.7 Å². The van der Waals surface area contributed by atoms with Gasteiger partial charge in [0.25, 0.3) is 0 Å². The van der Waals surface area contributed by atoms with Crippen LogP contribution in [0.15, 0.2) is 140 Å². The maximum absolute atomic E-state index is 2.61. The van der Waals surface area contributed by atoms with Crippen LogP contribution in [0.4, 0.5) is 17.1 Å². The maximum atomic E-state index is 2.61. The van der Waals surface area contributed by atoms with E-state index in [1.165, 1.54) is 91.6 Å². The minimum absolute atomic E-state index is 0.160. The molecule has 7 aromatic rings. The average molecular weight is 636 g/mol. The Morgan fingerprint density at radius 1 is 0.458 bits per heavy atom. The summed E-state index contributed by atoms with van der Waals surface area (Å²) in [6.45, 7) is 0. The van der Waals surface area contributed by atoms with Gasteiger partial charge in [-0.25, -0.2) is 0 Å². The highest BCUT2D eigenvalue weighted by molar-refractivity contribution is 7.25. The summed E-state index contributed by atoms with van der Waals surface area (Å²) in [6, 6.07) is 52.8. The molecule has 1 spiro atoms. The molecule has 5 aliphatic rings. The highest BCUT2D eigenvalue weighted by Gasteiger charge is 2.61. The van der Waals surface area contributed by atoms with E-state index in [9.17, 15) is 0 Å². The fraction of sp³-hybridized carbons (Fsp3) is 0.217. The van der Waals surface area contributed by atoms with Crippen LogP contribution in [0.3, 0.4) is 0 Å². The quantitative estimate of drug-likeness (QED) is 0.186. The van der Waals surface area contributed by atoms with Gasteiger partial charge in [0, 0.05) is 42.6 Å². The fourth-order valence-electron chi connectivity index (χ4n) is 11.0. The van der Waals surface area contributed by atoms with Crippen molar-refractivity contribution in [1.82, 2.24) is 0 Å². The van der Waals surface area contributed by atoms with Crippen LogP contribution in [-0.2, 0) is 5.41 Å². The number of nitrogens with zero attached hydrogens (tertiary/aromatic N) is 1. The van der Waals surface area contributed by atoms with Crippen LogP contribution in [0.1, 0.15) is 43.2 Å². The lowest BCUT2D eigenvalue weighted by Gasteiger charge is -2.61. The summed E-state index contributed by atoms with van der Waals surface area (Å²) in [5, 5.41) is 2.70. The third-order valence-electron chi connectivity index (χ3n) is 12.6. The number of thiophene rings is 1. The van der Waals surface area contributed by atoms with E-state index in [-0.39, 0.29) is 5.41 Å². The monoisotopic (exact) mass is 635 g/mol. The third-order valence-corrected chi connectivity index (χ3v) is 13.8. The molecule has 48 heavy (non-hydrogen) atoms. The van der Waals surface area contributed by atoms with Gasteiger partial charge in [0.2, 0.25) is 0 Å². The van der Waals surface area contributed by atoms with E-state index in [0.717, 1.165) is 23.7 Å². The number of para-hydroxylation sites is 1. The molecular formula is C46H37NS. The second-order valence-electron chi connectivity index (χ2n) is 15.0. The first-order valence-corrected chi connectivity index (χ1v) is 18.7. The van der Waals surface area contributed by atoms with Crippen LogP contribution < -0.4 is 4.90 Å². The number of rotatable bonds is 4. The molecular weight excluding hydrogens is 599 g/mol. The first-order valence-electron chi connectivity index (χ1n) is 17.9. The van der Waals surface area contributed by atoms with E-state index in [2.05, 4.69) is 144 Å². The Balaban J connectivity index is 1.03. The SMILES string of the molecule is c1ccc(N(c2ccc(-c3ccc4c(c3)sc3ccccc34)cc2)c2ccc3c(c2)C2(c4ccccc4-3)C3CC4CC(C3)CC2C4)cc1. The van der Waals surface area contributed by atoms with Gasteiger partial charge in [0.15, 0.2) is 0 Å². The van der Waals surface area contributed by atoms with Gasteiger partial charge < -0.3 is 4.90 Å². The molecule has 6 aromatic carbocycles. The first kappa shape index (κ1) is 27.3. The Morgan fingerprint density at radius 2 is 1.08 bits per heavy atom. The lowest BCUT2D eigenvalue weighted by Crippen LogP contribution is -2.55. The Morgan fingerprint density at radius 3 is 1.90 bits per heavy atom. The highest BCUT2D eigenvalue weighted by Crippen LogP contribution is 2.69. The van der Waals surface area contributed by atoms with Crippen molar-refractivity contribution < 1.29 is 0 Å². The predicted molar refractivity (Wildman–Crippen MR) is 203 cm³/mol. The minimum Gasteiger partial charge on any atom is -0.310 e. The molecule has 0 N–H and O–H groups in total. The minimum atomic E-state index is 0.160. The Bertz CT molecular complexity index is 2340. The number of fused-ring (bicyclic) bond motifs is 6. The standard InChI is InChI=1S/C46H37NS/c1-2-8-35(9-3-1)47(36-17-14-31(15-18-36)32-16-20-41-40-11-5-7-13-44(40)48-45(41)27-32)37-19-21-39-38-10-4-6-12-42(38)46(43(39)28-37)33-23-29-22-30(25-33)26-34(46)24-29/h1-21,27-30,33-34H,22-26H2. The van der Waals surface area contributed by atoms with E-state index in [4.69, 9.17) is 0 Å². The fourth-order valence-corrected chi connectivity index (χ4v) is 12.2. The van der Waals surface area contributed by atoms with Crippen LogP contribution >= 0.6 is 11.3 Å². The van der Waals surface area contributed by atoms with Gasteiger partial charge in [-0.3, -0.25) is 0 Å². The Kier molecular flexibility index (Phi) is 5.79. The molecule has 1 aromatic heterocycles. The van der Waals surface area contributed by atoms with Crippen molar-refractivity contribution in [1.29, 1.82) is 0 Å². The third kappa shape index (κ3) is 3.78. The molecule has 0 saturated heterocycles. The summed E-state index contributed by atoms with van der Waals surface area (Å²) in [4.78, 5) is 2.48. The van der Waals surface area contributed by atoms with Crippen LogP contribution in [0, 0.1) is 23.7 Å². The molecule has 1 nitrogen and oxygen atoms in total. The molecule has 5 aliphatic carbocycles. The Labute approximate surface area is 286 Å². The molecule has 1 heterocycles. The molecule has 12 rings (SSSR count). The van der Waals surface area contributed by atoms with Gasteiger partial charge in [0.05, 0.1) is 0 Å². The molecule has 2 heteroatoms. The van der Waals surface area contributed by atoms with Crippen molar-refractivity contribution >= 4 is 48.6 Å². The van der Waals surface area contributed by atoms with E-state index >= 15 is 0 Å². The predicted octanol–water partition coefficient (Wildman–Crippen LogP) is 12.9. The van der Waals surface area contributed by atoms with Gasteiger partial charge >= 0.3 is 0 Å². The average Bonchev–Trinajstić information content (AvgIpc) is 3.64. The normalized spacial score (nSPS) is 24.8. The zero-order valence-corrected chi connectivity index (χ0v) is 27.8. The molecule has 0 atom stereocenters. The van der Waals surface area contributed by atoms with Gasteiger partial charge in [-0.1, -0.05) is 91.0 Å². The molecule has 4 saturated carbocycles.